The highest BCUT2D eigenvalue weighted by atomic mass is 19.3. The minimum absolute atomic E-state index is 0.0997. The van der Waals surface area contributed by atoms with Crippen LogP contribution >= 0.6 is 0 Å². The second kappa shape index (κ2) is 4.65. The van der Waals surface area contributed by atoms with Gasteiger partial charge in [0, 0.05) is 5.56 Å². The van der Waals surface area contributed by atoms with Gasteiger partial charge in [0.15, 0.2) is 0 Å². The summed E-state index contributed by atoms with van der Waals surface area (Å²) in [5.74, 6) is -4.10. The van der Waals surface area contributed by atoms with Crippen LogP contribution in [0.3, 0.4) is 0 Å². The van der Waals surface area contributed by atoms with Gasteiger partial charge in [-0.25, -0.2) is 0 Å². The zero-order valence-corrected chi connectivity index (χ0v) is 9.83. The normalized spacial score (nSPS) is 18.1. The SMILES string of the molecule is O=C(O)C1(NCC(F)(F)c2ccccc2)CCC1. The van der Waals surface area contributed by atoms with Crippen LogP contribution in [0.15, 0.2) is 30.3 Å². The van der Waals surface area contributed by atoms with Crippen molar-refractivity contribution in [2.75, 3.05) is 6.54 Å². The largest absolute Gasteiger partial charge is 0.480 e. The molecule has 0 radical (unpaired) electrons. The number of benzene rings is 1. The van der Waals surface area contributed by atoms with Crippen LogP contribution in [0.25, 0.3) is 0 Å². The van der Waals surface area contributed by atoms with Crippen LogP contribution in [0.4, 0.5) is 8.78 Å². The predicted octanol–water partition coefficient (Wildman–Crippen LogP) is 2.38. The Morgan fingerprint density at radius 2 is 1.94 bits per heavy atom. The molecule has 3 nitrogen and oxygen atoms in total. The second-order valence-electron chi connectivity index (χ2n) is 4.66. The van der Waals surface area contributed by atoms with Crippen LogP contribution in [-0.4, -0.2) is 23.2 Å². The van der Waals surface area contributed by atoms with E-state index in [1.807, 2.05) is 0 Å². The standard InChI is InChI=1S/C13H15F2NO2/c14-13(15,10-5-2-1-3-6-10)9-16-12(11(17)18)7-4-8-12/h1-3,5-6,16H,4,7-9H2,(H,17,18). The maximum atomic E-state index is 13.9. The third-order valence-corrected chi connectivity index (χ3v) is 3.46. The van der Waals surface area contributed by atoms with Gasteiger partial charge in [-0.1, -0.05) is 30.3 Å². The first-order chi connectivity index (χ1) is 8.46. The number of nitrogens with one attached hydrogen (secondary N) is 1. The number of carboxylic acids is 1. The minimum atomic E-state index is -3.06. The highest BCUT2D eigenvalue weighted by Crippen LogP contribution is 2.34. The average Bonchev–Trinajstić information content (AvgIpc) is 2.28. The molecule has 2 N–H and O–H groups in total. The Balaban J connectivity index is 2.03. The van der Waals surface area contributed by atoms with Gasteiger partial charge in [-0.15, -0.1) is 0 Å². The Morgan fingerprint density at radius 1 is 1.33 bits per heavy atom. The van der Waals surface area contributed by atoms with Crippen molar-refractivity contribution < 1.29 is 18.7 Å². The van der Waals surface area contributed by atoms with Gasteiger partial charge in [-0.2, -0.15) is 8.78 Å². The number of hydrogen-bond acceptors (Lipinski definition) is 2. The lowest BCUT2D eigenvalue weighted by molar-refractivity contribution is -0.149. The molecule has 5 heteroatoms. The zero-order valence-electron chi connectivity index (χ0n) is 9.83. The van der Waals surface area contributed by atoms with Gasteiger partial charge in [0.2, 0.25) is 0 Å². The van der Waals surface area contributed by atoms with Crippen LogP contribution in [0, 0.1) is 0 Å². The number of alkyl halides is 2. The van der Waals surface area contributed by atoms with Gasteiger partial charge < -0.3 is 5.11 Å². The lowest BCUT2D eigenvalue weighted by atomic mass is 9.76. The first-order valence-corrected chi connectivity index (χ1v) is 5.88. The summed E-state index contributed by atoms with van der Waals surface area (Å²) < 4.78 is 27.7. The molecule has 0 spiro atoms. The van der Waals surface area contributed by atoms with Crippen LogP contribution in [0.2, 0.25) is 0 Å². The van der Waals surface area contributed by atoms with Crippen LogP contribution in [0.1, 0.15) is 24.8 Å². The number of halogens is 2. The Labute approximate surface area is 104 Å². The van der Waals surface area contributed by atoms with Crippen molar-refractivity contribution in [3.05, 3.63) is 35.9 Å². The van der Waals surface area contributed by atoms with Crippen molar-refractivity contribution >= 4 is 5.97 Å². The van der Waals surface area contributed by atoms with E-state index in [-0.39, 0.29) is 5.56 Å². The molecule has 0 aliphatic heterocycles. The topological polar surface area (TPSA) is 49.3 Å². The van der Waals surface area contributed by atoms with E-state index in [9.17, 15) is 13.6 Å². The molecule has 0 saturated heterocycles. The summed E-state index contributed by atoms with van der Waals surface area (Å²) in [4.78, 5) is 11.0. The van der Waals surface area contributed by atoms with Crippen molar-refractivity contribution in [3.8, 4) is 0 Å². The van der Waals surface area contributed by atoms with Gasteiger partial charge in [-0.05, 0) is 19.3 Å². The van der Waals surface area contributed by atoms with Crippen molar-refractivity contribution in [2.24, 2.45) is 0 Å². The number of carbonyl (C=O) groups is 1. The maximum Gasteiger partial charge on any atom is 0.323 e. The van der Waals surface area contributed by atoms with Crippen molar-refractivity contribution in [1.82, 2.24) is 5.32 Å². The summed E-state index contributed by atoms with van der Waals surface area (Å²) in [6, 6.07) is 7.43. The van der Waals surface area contributed by atoms with Gasteiger partial charge in [0.25, 0.3) is 5.92 Å². The van der Waals surface area contributed by atoms with Gasteiger partial charge >= 0.3 is 5.97 Å². The maximum absolute atomic E-state index is 13.9. The molecule has 0 unspecified atom stereocenters. The molecule has 0 heterocycles. The molecule has 0 aromatic heterocycles. The first kappa shape index (κ1) is 13.0. The summed E-state index contributed by atoms with van der Waals surface area (Å²) in [5, 5.41) is 11.6. The molecular weight excluding hydrogens is 240 g/mol. The van der Waals surface area contributed by atoms with E-state index in [0.717, 1.165) is 6.42 Å². The molecular formula is C13H15F2NO2. The number of rotatable bonds is 5. The van der Waals surface area contributed by atoms with Crippen LogP contribution in [-0.2, 0) is 10.7 Å². The molecule has 18 heavy (non-hydrogen) atoms. The quantitative estimate of drug-likeness (QED) is 0.849. The van der Waals surface area contributed by atoms with E-state index in [1.165, 1.54) is 12.1 Å². The highest BCUT2D eigenvalue weighted by Gasteiger charge is 2.46. The molecule has 1 aromatic carbocycles. The average molecular weight is 255 g/mol. The Kier molecular flexibility index (Phi) is 3.34. The van der Waals surface area contributed by atoms with E-state index < -0.39 is 24.0 Å². The van der Waals surface area contributed by atoms with Crippen LogP contribution < -0.4 is 5.32 Å². The van der Waals surface area contributed by atoms with E-state index >= 15 is 0 Å². The molecule has 1 aliphatic carbocycles. The van der Waals surface area contributed by atoms with Crippen molar-refractivity contribution in [3.63, 3.8) is 0 Å². The lowest BCUT2D eigenvalue weighted by Crippen LogP contribution is -2.59. The highest BCUT2D eigenvalue weighted by molar-refractivity contribution is 5.80. The third-order valence-electron chi connectivity index (χ3n) is 3.46. The summed E-state index contributed by atoms with van der Waals surface area (Å²) in [6.45, 7) is -0.649. The summed E-state index contributed by atoms with van der Waals surface area (Å²) in [7, 11) is 0. The minimum Gasteiger partial charge on any atom is -0.480 e. The van der Waals surface area contributed by atoms with Crippen molar-refractivity contribution in [2.45, 2.75) is 30.7 Å². The molecule has 1 saturated carbocycles. The molecule has 1 fully saturated rings. The molecule has 0 amide bonds. The molecule has 98 valence electrons. The van der Waals surface area contributed by atoms with Gasteiger partial charge in [0.1, 0.15) is 5.54 Å². The second-order valence-corrected chi connectivity index (χ2v) is 4.66. The number of hydrogen-bond donors (Lipinski definition) is 2. The monoisotopic (exact) mass is 255 g/mol. The van der Waals surface area contributed by atoms with Crippen molar-refractivity contribution in [1.29, 1.82) is 0 Å². The van der Waals surface area contributed by atoms with Gasteiger partial charge in [0.05, 0.1) is 6.54 Å². The van der Waals surface area contributed by atoms with E-state index in [1.54, 1.807) is 18.2 Å². The summed E-state index contributed by atoms with van der Waals surface area (Å²) in [6.07, 6.45) is 1.58. The Hall–Kier alpha value is -1.49. The fourth-order valence-electron chi connectivity index (χ4n) is 2.06. The Morgan fingerprint density at radius 3 is 2.39 bits per heavy atom. The van der Waals surface area contributed by atoms with E-state index in [0.29, 0.717) is 12.8 Å². The summed E-state index contributed by atoms with van der Waals surface area (Å²) in [5.41, 5.74) is -1.25. The lowest BCUT2D eigenvalue weighted by Gasteiger charge is -2.39. The van der Waals surface area contributed by atoms with E-state index in [2.05, 4.69) is 5.32 Å². The zero-order chi connectivity index (χ0) is 13.2. The smallest absolute Gasteiger partial charge is 0.323 e. The summed E-state index contributed by atoms with van der Waals surface area (Å²) >= 11 is 0. The number of carboxylic acid groups (broad SMARTS) is 1. The Bertz CT molecular complexity index is 430. The third kappa shape index (κ3) is 2.36. The molecule has 2 rings (SSSR count). The molecule has 0 atom stereocenters. The predicted molar refractivity (Wildman–Crippen MR) is 62.6 cm³/mol. The van der Waals surface area contributed by atoms with E-state index in [4.69, 9.17) is 5.11 Å². The molecule has 1 aromatic rings. The first-order valence-electron chi connectivity index (χ1n) is 5.88. The fraction of sp³-hybridized carbons (Fsp3) is 0.462. The van der Waals surface area contributed by atoms with Crippen LogP contribution in [0.5, 0.6) is 0 Å². The molecule has 1 aliphatic rings. The van der Waals surface area contributed by atoms with Gasteiger partial charge in [-0.3, -0.25) is 10.1 Å². The molecule has 0 bridgehead atoms. The number of aliphatic carboxylic acids is 1. The fourth-order valence-corrected chi connectivity index (χ4v) is 2.06.